The Morgan fingerprint density at radius 2 is 2.12 bits per heavy atom. The van der Waals surface area contributed by atoms with Crippen LogP contribution in [0.3, 0.4) is 0 Å². The van der Waals surface area contributed by atoms with Crippen molar-refractivity contribution in [3.05, 3.63) is 0 Å². The maximum atomic E-state index is 11.1. The lowest BCUT2D eigenvalue weighted by Gasteiger charge is -2.36. The molecule has 1 saturated heterocycles. The molecule has 1 fully saturated rings. The molecule has 0 radical (unpaired) electrons. The van der Waals surface area contributed by atoms with Crippen molar-refractivity contribution in [2.75, 3.05) is 19.6 Å². The molecule has 2 atom stereocenters. The molecule has 1 amide bonds. The van der Waals surface area contributed by atoms with Gasteiger partial charge in [0.2, 0.25) is 5.91 Å². The van der Waals surface area contributed by atoms with E-state index in [4.69, 9.17) is 5.11 Å². The van der Waals surface area contributed by atoms with E-state index in [1.165, 1.54) is 6.92 Å². The molecule has 1 aliphatic rings. The smallest absolute Gasteiger partial charge is 0.307 e. The molecular formula is C12H22N2O3. The van der Waals surface area contributed by atoms with Crippen LogP contribution in [0.25, 0.3) is 0 Å². The van der Waals surface area contributed by atoms with Gasteiger partial charge in [0.05, 0.1) is 5.92 Å². The minimum Gasteiger partial charge on any atom is -0.481 e. The third kappa shape index (κ3) is 4.73. The molecule has 1 rings (SSSR count). The standard InChI is InChI=1S/C12H22N2O3/c1-3-4-5-14-7-10(12(16)17)6-11(8-14)13-9(2)15/h10-11H,3-8H2,1-2H3,(H,13,15)(H,16,17). The van der Waals surface area contributed by atoms with Gasteiger partial charge in [-0.3, -0.25) is 9.59 Å². The number of hydrogen-bond acceptors (Lipinski definition) is 3. The number of aliphatic carboxylic acids is 1. The quantitative estimate of drug-likeness (QED) is 0.744. The predicted molar refractivity (Wildman–Crippen MR) is 64.7 cm³/mol. The Kier molecular flexibility index (Phi) is 5.41. The number of likely N-dealkylation sites (tertiary alicyclic amines) is 1. The molecule has 98 valence electrons. The monoisotopic (exact) mass is 242 g/mol. The average Bonchev–Trinajstić information content (AvgIpc) is 2.25. The molecule has 1 aliphatic heterocycles. The predicted octanol–water partition coefficient (Wildman–Crippen LogP) is 0.698. The third-order valence-electron chi connectivity index (χ3n) is 3.11. The highest BCUT2D eigenvalue weighted by Crippen LogP contribution is 2.17. The van der Waals surface area contributed by atoms with Gasteiger partial charge in [0.25, 0.3) is 0 Å². The second-order valence-corrected chi connectivity index (χ2v) is 4.78. The van der Waals surface area contributed by atoms with Gasteiger partial charge in [0.1, 0.15) is 0 Å². The van der Waals surface area contributed by atoms with Crippen LogP contribution in [-0.2, 0) is 9.59 Å². The number of carbonyl (C=O) groups excluding carboxylic acids is 1. The number of nitrogens with one attached hydrogen (secondary N) is 1. The first kappa shape index (κ1) is 14.0. The van der Waals surface area contributed by atoms with E-state index in [9.17, 15) is 9.59 Å². The molecule has 0 spiro atoms. The molecule has 0 aromatic carbocycles. The van der Waals surface area contributed by atoms with Gasteiger partial charge in [0, 0.05) is 26.1 Å². The van der Waals surface area contributed by atoms with Gasteiger partial charge in [0.15, 0.2) is 0 Å². The highest BCUT2D eigenvalue weighted by molar-refractivity contribution is 5.74. The van der Waals surface area contributed by atoms with E-state index in [1.807, 2.05) is 0 Å². The zero-order chi connectivity index (χ0) is 12.8. The SMILES string of the molecule is CCCCN1CC(NC(C)=O)CC(C(=O)O)C1. The maximum absolute atomic E-state index is 11.1. The molecule has 2 unspecified atom stereocenters. The number of hydrogen-bond donors (Lipinski definition) is 2. The summed E-state index contributed by atoms with van der Waals surface area (Å²) in [7, 11) is 0. The normalized spacial score (nSPS) is 25.5. The van der Waals surface area contributed by atoms with Crippen LogP contribution in [0.1, 0.15) is 33.1 Å². The summed E-state index contributed by atoms with van der Waals surface area (Å²) in [6.45, 7) is 5.87. The molecule has 0 aliphatic carbocycles. The van der Waals surface area contributed by atoms with Crippen LogP contribution in [0.15, 0.2) is 0 Å². The summed E-state index contributed by atoms with van der Waals surface area (Å²) < 4.78 is 0. The van der Waals surface area contributed by atoms with Crippen molar-refractivity contribution in [2.24, 2.45) is 5.92 Å². The number of amides is 1. The summed E-state index contributed by atoms with van der Waals surface area (Å²) in [6.07, 6.45) is 2.70. The molecule has 0 saturated carbocycles. The van der Waals surface area contributed by atoms with Crippen molar-refractivity contribution in [1.29, 1.82) is 0 Å². The van der Waals surface area contributed by atoms with Crippen molar-refractivity contribution >= 4 is 11.9 Å². The maximum Gasteiger partial charge on any atom is 0.307 e. The van der Waals surface area contributed by atoms with Crippen molar-refractivity contribution in [3.63, 3.8) is 0 Å². The summed E-state index contributed by atoms with van der Waals surface area (Å²) >= 11 is 0. The minimum absolute atomic E-state index is 0.0285. The number of unbranched alkanes of at least 4 members (excludes halogenated alkanes) is 1. The van der Waals surface area contributed by atoms with E-state index in [1.54, 1.807) is 0 Å². The third-order valence-corrected chi connectivity index (χ3v) is 3.11. The van der Waals surface area contributed by atoms with E-state index < -0.39 is 5.97 Å². The molecule has 2 N–H and O–H groups in total. The highest BCUT2D eigenvalue weighted by Gasteiger charge is 2.31. The Bertz CT molecular complexity index is 281. The Balaban J connectivity index is 2.55. The molecule has 5 heteroatoms. The van der Waals surface area contributed by atoms with E-state index in [0.717, 1.165) is 25.9 Å². The van der Waals surface area contributed by atoms with Crippen LogP contribution in [0.2, 0.25) is 0 Å². The minimum atomic E-state index is -0.762. The summed E-state index contributed by atoms with van der Waals surface area (Å²) in [5, 5.41) is 11.9. The molecule has 0 aromatic rings. The lowest BCUT2D eigenvalue weighted by atomic mass is 9.94. The highest BCUT2D eigenvalue weighted by atomic mass is 16.4. The van der Waals surface area contributed by atoms with Crippen LogP contribution >= 0.6 is 0 Å². The Morgan fingerprint density at radius 1 is 1.41 bits per heavy atom. The first-order valence-electron chi connectivity index (χ1n) is 6.25. The molecular weight excluding hydrogens is 220 g/mol. The van der Waals surface area contributed by atoms with Crippen molar-refractivity contribution < 1.29 is 14.7 Å². The Morgan fingerprint density at radius 3 is 2.65 bits per heavy atom. The van der Waals surface area contributed by atoms with Crippen LogP contribution < -0.4 is 5.32 Å². The summed E-state index contributed by atoms with van der Waals surface area (Å²) in [4.78, 5) is 24.2. The van der Waals surface area contributed by atoms with Gasteiger partial charge >= 0.3 is 5.97 Å². The first-order valence-corrected chi connectivity index (χ1v) is 6.25. The molecule has 17 heavy (non-hydrogen) atoms. The lowest BCUT2D eigenvalue weighted by molar-refractivity contribution is -0.144. The van der Waals surface area contributed by atoms with Gasteiger partial charge in [-0.15, -0.1) is 0 Å². The number of piperidine rings is 1. The van der Waals surface area contributed by atoms with Crippen LogP contribution in [-0.4, -0.2) is 47.6 Å². The fourth-order valence-electron chi connectivity index (χ4n) is 2.33. The van der Waals surface area contributed by atoms with Gasteiger partial charge in [-0.1, -0.05) is 13.3 Å². The van der Waals surface area contributed by atoms with Crippen molar-refractivity contribution in [1.82, 2.24) is 10.2 Å². The first-order chi connectivity index (χ1) is 8.02. The Hall–Kier alpha value is -1.10. The number of rotatable bonds is 5. The van der Waals surface area contributed by atoms with Crippen LogP contribution in [0, 0.1) is 5.92 Å². The lowest BCUT2D eigenvalue weighted by Crippen LogP contribution is -2.52. The van der Waals surface area contributed by atoms with Crippen LogP contribution in [0.5, 0.6) is 0 Å². The summed E-state index contributed by atoms with van der Waals surface area (Å²) in [6, 6.07) is -0.0285. The van der Waals surface area contributed by atoms with E-state index in [2.05, 4.69) is 17.1 Å². The number of nitrogens with zero attached hydrogens (tertiary/aromatic N) is 1. The number of carboxylic acid groups (broad SMARTS) is 1. The average molecular weight is 242 g/mol. The second-order valence-electron chi connectivity index (χ2n) is 4.78. The topological polar surface area (TPSA) is 69.6 Å². The fraction of sp³-hybridized carbons (Fsp3) is 0.833. The number of carbonyl (C=O) groups is 2. The molecule has 0 aromatic heterocycles. The summed E-state index contributed by atoms with van der Waals surface area (Å²) in [5.41, 5.74) is 0. The zero-order valence-corrected chi connectivity index (χ0v) is 10.6. The van der Waals surface area contributed by atoms with Gasteiger partial charge < -0.3 is 15.3 Å². The molecule has 5 nitrogen and oxygen atoms in total. The summed E-state index contributed by atoms with van der Waals surface area (Å²) in [5.74, 6) is -1.21. The van der Waals surface area contributed by atoms with E-state index in [-0.39, 0.29) is 17.9 Å². The van der Waals surface area contributed by atoms with Crippen molar-refractivity contribution in [3.8, 4) is 0 Å². The second kappa shape index (κ2) is 6.59. The zero-order valence-electron chi connectivity index (χ0n) is 10.6. The van der Waals surface area contributed by atoms with Gasteiger partial charge in [-0.05, 0) is 19.4 Å². The van der Waals surface area contributed by atoms with E-state index in [0.29, 0.717) is 13.0 Å². The Labute approximate surface area is 102 Å². The van der Waals surface area contributed by atoms with Crippen LogP contribution in [0.4, 0.5) is 0 Å². The van der Waals surface area contributed by atoms with Crippen molar-refractivity contribution in [2.45, 2.75) is 39.2 Å². The fourth-order valence-corrected chi connectivity index (χ4v) is 2.33. The molecule has 0 bridgehead atoms. The molecule has 1 heterocycles. The van der Waals surface area contributed by atoms with E-state index >= 15 is 0 Å². The van der Waals surface area contributed by atoms with Gasteiger partial charge in [-0.25, -0.2) is 0 Å². The van der Waals surface area contributed by atoms with Gasteiger partial charge in [-0.2, -0.15) is 0 Å². The number of carboxylic acids is 1. The largest absolute Gasteiger partial charge is 0.481 e.